The molecular formula is C6H13Cl2N3O5S2. The van der Waals surface area contributed by atoms with Gasteiger partial charge >= 0.3 is 6.03 Å². The molecule has 108 valence electrons. The quantitative estimate of drug-likeness (QED) is 0.401. The lowest BCUT2D eigenvalue weighted by Crippen LogP contribution is -2.55. The third-order valence-corrected chi connectivity index (χ3v) is 4.08. The molecule has 0 aromatic carbocycles. The van der Waals surface area contributed by atoms with Crippen LogP contribution in [-0.4, -0.2) is 62.6 Å². The summed E-state index contributed by atoms with van der Waals surface area (Å²) in [6, 6.07) is -1.55. The number of hydrogen-bond acceptors (Lipinski definition) is 5. The standard InChI is InChI=1S/C6H13Cl2N3O5S2/c1-17(13,14)10(4-3-7)11(18(2,15)16)6(12)9-5-8/h3-5H2,1-2H3,(H,9,12). The van der Waals surface area contributed by atoms with Gasteiger partial charge in [0.15, 0.2) is 0 Å². The Labute approximate surface area is 116 Å². The summed E-state index contributed by atoms with van der Waals surface area (Å²) in [5.41, 5.74) is 0. The van der Waals surface area contributed by atoms with Crippen molar-refractivity contribution in [2.45, 2.75) is 0 Å². The van der Waals surface area contributed by atoms with Gasteiger partial charge in [-0.15, -0.1) is 27.6 Å². The maximum Gasteiger partial charge on any atom is 0.348 e. The van der Waals surface area contributed by atoms with Crippen LogP contribution in [0.3, 0.4) is 0 Å². The van der Waals surface area contributed by atoms with Crippen LogP contribution in [0.25, 0.3) is 0 Å². The highest BCUT2D eigenvalue weighted by Crippen LogP contribution is 2.10. The molecular weight excluding hydrogens is 329 g/mol. The summed E-state index contributed by atoms with van der Waals surface area (Å²) in [6.07, 6.45) is 1.44. The van der Waals surface area contributed by atoms with Gasteiger partial charge < -0.3 is 5.32 Å². The molecule has 2 amide bonds. The third kappa shape index (κ3) is 5.14. The van der Waals surface area contributed by atoms with E-state index in [0.29, 0.717) is 10.7 Å². The molecule has 0 radical (unpaired) electrons. The largest absolute Gasteiger partial charge is 0.348 e. The topological polar surface area (TPSA) is 104 Å². The minimum Gasteiger partial charge on any atom is -0.322 e. The Bertz CT molecular complexity index is 491. The Morgan fingerprint density at radius 1 is 1.11 bits per heavy atom. The van der Waals surface area contributed by atoms with Gasteiger partial charge in [0.1, 0.15) is 0 Å². The predicted molar refractivity (Wildman–Crippen MR) is 68.2 cm³/mol. The van der Waals surface area contributed by atoms with E-state index in [1.807, 2.05) is 5.32 Å². The van der Waals surface area contributed by atoms with Crippen molar-refractivity contribution in [3.05, 3.63) is 0 Å². The molecule has 0 heterocycles. The zero-order valence-electron chi connectivity index (χ0n) is 9.63. The van der Waals surface area contributed by atoms with E-state index in [4.69, 9.17) is 23.2 Å². The monoisotopic (exact) mass is 341 g/mol. The molecule has 0 unspecified atom stereocenters. The molecule has 0 aliphatic rings. The van der Waals surface area contributed by atoms with Gasteiger partial charge in [0.05, 0.1) is 18.5 Å². The molecule has 0 saturated heterocycles. The molecule has 0 fully saturated rings. The van der Waals surface area contributed by atoms with Crippen LogP contribution in [-0.2, 0) is 20.0 Å². The number of nitrogens with zero attached hydrogens (tertiary/aromatic N) is 2. The first-order valence-electron chi connectivity index (χ1n) is 4.43. The van der Waals surface area contributed by atoms with E-state index >= 15 is 0 Å². The third-order valence-electron chi connectivity index (χ3n) is 1.57. The van der Waals surface area contributed by atoms with Crippen LogP contribution < -0.4 is 5.32 Å². The second-order valence-electron chi connectivity index (χ2n) is 3.12. The van der Waals surface area contributed by atoms with Gasteiger partial charge in [0.25, 0.3) is 10.0 Å². The summed E-state index contributed by atoms with van der Waals surface area (Å²) in [5.74, 6) is -0.187. The molecule has 0 aromatic rings. The van der Waals surface area contributed by atoms with Crippen molar-refractivity contribution in [2.24, 2.45) is 0 Å². The Morgan fingerprint density at radius 2 is 1.61 bits per heavy atom. The van der Waals surface area contributed by atoms with E-state index < -0.39 is 26.1 Å². The van der Waals surface area contributed by atoms with Gasteiger partial charge in [0, 0.05) is 12.4 Å². The second-order valence-corrected chi connectivity index (χ2v) is 7.46. The van der Waals surface area contributed by atoms with Gasteiger partial charge in [0.2, 0.25) is 10.0 Å². The fourth-order valence-corrected chi connectivity index (χ4v) is 3.65. The highest BCUT2D eigenvalue weighted by Gasteiger charge is 2.35. The van der Waals surface area contributed by atoms with E-state index in [9.17, 15) is 21.6 Å². The zero-order valence-corrected chi connectivity index (χ0v) is 12.8. The number of alkyl halides is 2. The maximum atomic E-state index is 11.6. The van der Waals surface area contributed by atoms with Crippen LogP contribution in [0, 0.1) is 0 Å². The summed E-state index contributed by atoms with van der Waals surface area (Å²) < 4.78 is 46.3. The summed E-state index contributed by atoms with van der Waals surface area (Å²) in [6.45, 7) is -0.372. The van der Waals surface area contributed by atoms with Gasteiger partial charge in [-0.25, -0.2) is 21.6 Å². The normalized spacial score (nSPS) is 12.5. The van der Waals surface area contributed by atoms with Crippen LogP contribution in [0.1, 0.15) is 0 Å². The number of carbonyl (C=O) groups excluding carboxylic acids is 1. The molecule has 12 heteroatoms. The van der Waals surface area contributed by atoms with Gasteiger partial charge in [-0.3, -0.25) is 0 Å². The van der Waals surface area contributed by atoms with Crippen molar-refractivity contribution in [3.8, 4) is 0 Å². The number of hydrazine groups is 1. The first-order chi connectivity index (χ1) is 8.05. The van der Waals surface area contributed by atoms with E-state index in [1.165, 1.54) is 0 Å². The van der Waals surface area contributed by atoms with E-state index in [-0.39, 0.29) is 22.8 Å². The zero-order chi connectivity index (χ0) is 14.6. The van der Waals surface area contributed by atoms with E-state index in [2.05, 4.69) is 0 Å². The molecule has 18 heavy (non-hydrogen) atoms. The van der Waals surface area contributed by atoms with Crippen molar-refractivity contribution in [2.75, 3.05) is 30.9 Å². The highest BCUT2D eigenvalue weighted by atomic mass is 35.5. The molecule has 0 atom stereocenters. The number of carbonyl (C=O) groups is 1. The molecule has 0 aromatic heterocycles. The molecule has 0 rings (SSSR count). The van der Waals surface area contributed by atoms with E-state index in [0.717, 1.165) is 6.26 Å². The molecule has 8 nitrogen and oxygen atoms in total. The average Bonchev–Trinajstić information content (AvgIpc) is 2.13. The van der Waals surface area contributed by atoms with Gasteiger partial charge in [-0.2, -0.15) is 0 Å². The first kappa shape index (κ1) is 17.7. The average molecular weight is 342 g/mol. The first-order valence-corrected chi connectivity index (χ1v) is 9.20. The molecule has 0 bridgehead atoms. The Hall–Kier alpha value is -0.290. The fraction of sp³-hybridized carbons (Fsp3) is 0.833. The summed E-state index contributed by atoms with van der Waals surface area (Å²) in [7, 11) is -8.12. The summed E-state index contributed by atoms with van der Waals surface area (Å²) in [4.78, 5) is 11.6. The van der Waals surface area contributed by atoms with Crippen molar-refractivity contribution in [3.63, 3.8) is 0 Å². The maximum absolute atomic E-state index is 11.6. The number of halogens is 2. The number of sulfonamides is 2. The highest BCUT2D eigenvalue weighted by molar-refractivity contribution is 7.91. The molecule has 0 aliphatic carbocycles. The van der Waals surface area contributed by atoms with Gasteiger partial charge in [-0.05, 0) is 0 Å². The number of rotatable bonds is 6. The van der Waals surface area contributed by atoms with Crippen molar-refractivity contribution in [1.82, 2.24) is 14.1 Å². The fourth-order valence-electron chi connectivity index (χ4n) is 1.01. The minimum atomic E-state index is -4.14. The molecule has 0 saturated carbocycles. The predicted octanol–water partition coefficient (Wildman–Crippen LogP) is -0.431. The lowest BCUT2D eigenvalue weighted by molar-refractivity contribution is 0.165. The van der Waals surface area contributed by atoms with Crippen LogP contribution in [0.5, 0.6) is 0 Å². The number of nitrogens with one attached hydrogen (secondary N) is 1. The van der Waals surface area contributed by atoms with Crippen LogP contribution in [0.4, 0.5) is 4.79 Å². The Kier molecular flexibility index (Phi) is 6.65. The lowest BCUT2D eigenvalue weighted by Gasteiger charge is -2.29. The Balaban J connectivity index is 5.61. The van der Waals surface area contributed by atoms with Crippen LogP contribution >= 0.6 is 23.2 Å². The van der Waals surface area contributed by atoms with Crippen molar-refractivity contribution >= 4 is 49.3 Å². The van der Waals surface area contributed by atoms with Crippen LogP contribution in [0.2, 0.25) is 0 Å². The van der Waals surface area contributed by atoms with Crippen molar-refractivity contribution in [1.29, 1.82) is 0 Å². The van der Waals surface area contributed by atoms with Gasteiger partial charge in [-0.1, -0.05) is 4.41 Å². The smallest absolute Gasteiger partial charge is 0.322 e. The SMILES string of the molecule is CS(=O)(=O)N(CCCl)N(C(=O)NCCl)S(C)(=O)=O. The second kappa shape index (κ2) is 6.75. The molecule has 0 aliphatic heterocycles. The van der Waals surface area contributed by atoms with E-state index in [1.54, 1.807) is 0 Å². The summed E-state index contributed by atoms with van der Waals surface area (Å²) >= 11 is 10.6. The molecule has 1 N–H and O–H groups in total. The number of hydrogen-bond donors (Lipinski definition) is 1. The van der Waals surface area contributed by atoms with Crippen LogP contribution in [0.15, 0.2) is 0 Å². The number of amides is 2. The summed E-state index contributed by atoms with van der Waals surface area (Å²) in [5, 5.41) is 1.99. The van der Waals surface area contributed by atoms with Crippen molar-refractivity contribution < 1.29 is 21.6 Å². The molecule has 0 spiro atoms. The number of urea groups is 1. The Morgan fingerprint density at radius 3 is 1.89 bits per heavy atom. The lowest BCUT2D eigenvalue weighted by atomic mass is 10.8. The minimum absolute atomic E-state index is 0.0765.